The Balaban J connectivity index is 2.20. The van der Waals surface area contributed by atoms with E-state index in [1.807, 2.05) is 31.2 Å². The third-order valence-electron chi connectivity index (χ3n) is 2.81. The van der Waals surface area contributed by atoms with Gasteiger partial charge in [0.2, 0.25) is 0 Å². The number of nitrogens with zero attached hydrogens (tertiary/aromatic N) is 1. The molecule has 1 aliphatic rings. The average molecular weight is 229 g/mol. The van der Waals surface area contributed by atoms with Gasteiger partial charge in [0.1, 0.15) is 5.76 Å². The highest BCUT2D eigenvalue weighted by Gasteiger charge is 2.18. The maximum absolute atomic E-state index is 11.6. The second-order valence-electron chi connectivity index (χ2n) is 4.23. The Hall–Kier alpha value is -1.90. The van der Waals surface area contributed by atoms with Crippen LogP contribution in [0.4, 0.5) is 5.69 Å². The molecule has 0 fully saturated rings. The molecule has 1 aliphatic carbocycles. The minimum atomic E-state index is -0.0235. The number of hydrogen-bond acceptors (Lipinski definition) is 3. The summed E-state index contributed by atoms with van der Waals surface area (Å²) < 4.78 is 0. The largest absolute Gasteiger partial charge is 0.512 e. The van der Waals surface area contributed by atoms with Gasteiger partial charge in [0.05, 0.1) is 11.3 Å². The number of aliphatic imine (C=N–C) groups is 1. The fourth-order valence-electron chi connectivity index (χ4n) is 1.76. The number of hydrogen-bond donors (Lipinski definition) is 1. The summed E-state index contributed by atoms with van der Waals surface area (Å²) in [7, 11) is 0. The highest BCUT2D eigenvalue weighted by atomic mass is 16.3. The van der Waals surface area contributed by atoms with Crippen molar-refractivity contribution in [1.29, 1.82) is 0 Å². The number of ketones is 1. The van der Waals surface area contributed by atoms with Crippen molar-refractivity contribution in [3.8, 4) is 0 Å². The first kappa shape index (κ1) is 11.6. The van der Waals surface area contributed by atoms with Crippen LogP contribution in [-0.2, 0) is 4.79 Å². The first-order valence-corrected chi connectivity index (χ1v) is 5.73. The van der Waals surface area contributed by atoms with Gasteiger partial charge in [0, 0.05) is 19.1 Å². The number of aryl methyl sites for hydroxylation is 1. The molecule has 0 amide bonds. The zero-order valence-electron chi connectivity index (χ0n) is 9.81. The van der Waals surface area contributed by atoms with Crippen molar-refractivity contribution in [3.05, 3.63) is 41.2 Å². The van der Waals surface area contributed by atoms with Gasteiger partial charge in [-0.1, -0.05) is 17.7 Å². The van der Waals surface area contributed by atoms with E-state index in [9.17, 15) is 9.90 Å². The predicted molar refractivity (Wildman–Crippen MR) is 67.8 cm³/mol. The van der Waals surface area contributed by atoms with Gasteiger partial charge in [-0.2, -0.15) is 0 Å². The van der Waals surface area contributed by atoms with Crippen molar-refractivity contribution in [2.24, 2.45) is 4.99 Å². The summed E-state index contributed by atoms with van der Waals surface area (Å²) in [5.74, 6) is 0.140. The normalized spacial score (nSPS) is 16.9. The SMILES string of the molecule is Cc1ccc(N=CC2=C(O)CCCC2=O)cc1. The van der Waals surface area contributed by atoms with E-state index in [-0.39, 0.29) is 11.5 Å². The third kappa shape index (κ3) is 2.81. The summed E-state index contributed by atoms with van der Waals surface area (Å²) in [4.78, 5) is 15.8. The number of carbonyl (C=O) groups is 1. The Kier molecular flexibility index (Phi) is 3.38. The van der Waals surface area contributed by atoms with E-state index in [1.54, 1.807) is 0 Å². The lowest BCUT2D eigenvalue weighted by molar-refractivity contribution is -0.115. The highest BCUT2D eigenvalue weighted by Crippen LogP contribution is 2.20. The van der Waals surface area contributed by atoms with Crippen LogP contribution < -0.4 is 0 Å². The highest BCUT2D eigenvalue weighted by molar-refractivity contribution is 6.14. The summed E-state index contributed by atoms with van der Waals surface area (Å²) >= 11 is 0. The number of aliphatic hydroxyl groups excluding tert-OH is 1. The number of carbonyl (C=O) groups excluding carboxylic acids is 1. The second-order valence-corrected chi connectivity index (χ2v) is 4.23. The van der Waals surface area contributed by atoms with Gasteiger partial charge in [0.15, 0.2) is 5.78 Å². The maximum Gasteiger partial charge on any atom is 0.167 e. The van der Waals surface area contributed by atoms with Crippen molar-refractivity contribution in [2.45, 2.75) is 26.2 Å². The van der Waals surface area contributed by atoms with Crippen molar-refractivity contribution in [3.63, 3.8) is 0 Å². The summed E-state index contributed by atoms with van der Waals surface area (Å²) in [6.07, 6.45) is 3.27. The zero-order valence-corrected chi connectivity index (χ0v) is 9.81. The summed E-state index contributed by atoms with van der Waals surface area (Å²) in [5.41, 5.74) is 2.31. The number of aliphatic hydroxyl groups is 1. The van der Waals surface area contributed by atoms with Gasteiger partial charge < -0.3 is 5.11 Å². The van der Waals surface area contributed by atoms with Crippen molar-refractivity contribution in [1.82, 2.24) is 0 Å². The number of Topliss-reactive ketones (excluding diaryl/α,β-unsaturated/α-hetero) is 1. The number of benzene rings is 1. The Bertz CT molecular complexity index is 483. The molecule has 0 spiro atoms. The first-order valence-electron chi connectivity index (χ1n) is 5.73. The molecule has 2 rings (SSSR count). The molecule has 0 radical (unpaired) electrons. The summed E-state index contributed by atoms with van der Waals surface area (Å²) in [6.45, 7) is 2.01. The van der Waals surface area contributed by atoms with Crippen LogP contribution in [0.15, 0.2) is 40.6 Å². The quantitative estimate of drug-likeness (QED) is 0.791. The van der Waals surface area contributed by atoms with Crippen LogP contribution in [0.1, 0.15) is 24.8 Å². The molecule has 1 aromatic rings. The van der Waals surface area contributed by atoms with Gasteiger partial charge in [-0.15, -0.1) is 0 Å². The molecule has 0 saturated carbocycles. The Morgan fingerprint density at radius 3 is 2.59 bits per heavy atom. The number of allylic oxidation sites excluding steroid dienone is 2. The fraction of sp³-hybridized carbons (Fsp3) is 0.286. The lowest BCUT2D eigenvalue weighted by Gasteiger charge is -2.11. The van der Waals surface area contributed by atoms with Gasteiger partial charge in [-0.3, -0.25) is 9.79 Å². The topological polar surface area (TPSA) is 49.7 Å². The van der Waals surface area contributed by atoms with Crippen molar-refractivity contribution in [2.75, 3.05) is 0 Å². The van der Waals surface area contributed by atoms with Gasteiger partial charge in [-0.05, 0) is 25.5 Å². The molecule has 88 valence electrons. The third-order valence-corrected chi connectivity index (χ3v) is 2.81. The molecule has 0 heterocycles. The second kappa shape index (κ2) is 4.95. The Labute approximate surface area is 101 Å². The van der Waals surface area contributed by atoms with E-state index < -0.39 is 0 Å². The molecule has 0 bridgehead atoms. The maximum atomic E-state index is 11.6. The molecule has 0 aliphatic heterocycles. The van der Waals surface area contributed by atoms with Gasteiger partial charge >= 0.3 is 0 Å². The van der Waals surface area contributed by atoms with E-state index in [0.29, 0.717) is 18.4 Å². The predicted octanol–water partition coefficient (Wildman–Crippen LogP) is 3.26. The molecule has 1 aromatic carbocycles. The molecule has 1 N–H and O–H groups in total. The van der Waals surface area contributed by atoms with Crippen LogP contribution in [0.2, 0.25) is 0 Å². The van der Waals surface area contributed by atoms with Crippen LogP contribution in [0.3, 0.4) is 0 Å². The van der Waals surface area contributed by atoms with Crippen LogP contribution in [0, 0.1) is 6.92 Å². The van der Waals surface area contributed by atoms with E-state index in [2.05, 4.69) is 4.99 Å². The molecule has 0 aromatic heterocycles. The van der Waals surface area contributed by atoms with Crippen LogP contribution >= 0.6 is 0 Å². The van der Waals surface area contributed by atoms with Crippen molar-refractivity contribution < 1.29 is 9.90 Å². The minimum Gasteiger partial charge on any atom is -0.512 e. The lowest BCUT2D eigenvalue weighted by Crippen LogP contribution is -2.12. The standard InChI is InChI=1S/C14H15NO2/c1-10-5-7-11(8-6-10)15-9-12-13(16)3-2-4-14(12)17/h5-9,16H,2-4H2,1H3. The van der Waals surface area contributed by atoms with Gasteiger partial charge in [0.25, 0.3) is 0 Å². The summed E-state index contributed by atoms with van der Waals surface area (Å²) in [5, 5.41) is 9.63. The molecule has 0 atom stereocenters. The smallest absolute Gasteiger partial charge is 0.167 e. The lowest BCUT2D eigenvalue weighted by atomic mass is 9.97. The summed E-state index contributed by atoms with van der Waals surface area (Å²) in [6, 6.07) is 7.70. The molecule has 17 heavy (non-hydrogen) atoms. The van der Waals surface area contributed by atoms with Crippen LogP contribution in [0.5, 0.6) is 0 Å². The minimum absolute atomic E-state index is 0.0235. The molecular weight excluding hydrogens is 214 g/mol. The van der Waals surface area contributed by atoms with E-state index in [4.69, 9.17) is 0 Å². The zero-order chi connectivity index (χ0) is 12.3. The average Bonchev–Trinajstić information content (AvgIpc) is 2.31. The fourth-order valence-corrected chi connectivity index (χ4v) is 1.76. The van der Waals surface area contributed by atoms with E-state index in [0.717, 1.165) is 12.1 Å². The molecular formula is C14H15NO2. The van der Waals surface area contributed by atoms with Crippen molar-refractivity contribution >= 4 is 17.7 Å². The Morgan fingerprint density at radius 1 is 1.24 bits per heavy atom. The molecule has 3 nitrogen and oxygen atoms in total. The Morgan fingerprint density at radius 2 is 1.94 bits per heavy atom. The molecule has 0 unspecified atom stereocenters. The van der Waals surface area contributed by atoms with Gasteiger partial charge in [-0.25, -0.2) is 0 Å². The first-order chi connectivity index (χ1) is 8.16. The monoisotopic (exact) mass is 229 g/mol. The van der Waals surface area contributed by atoms with Crippen LogP contribution in [-0.4, -0.2) is 17.1 Å². The number of rotatable bonds is 2. The van der Waals surface area contributed by atoms with Crippen LogP contribution in [0.25, 0.3) is 0 Å². The van der Waals surface area contributed by atoms with E-state index in [1.165, 1.54) is 11.8 Å². The molecule has 0 saturated heterocycles. The molecule has 3 heteroatoms. The van der Waals surface area contributed by atoms with E-state index >= 15 is 0 Å².